The van der Waals surface area contributed by atoms with Crippen molar-refractivity contribution in [3.63, 3.8) is 0 Å². The van der Waals surface area contributed by atoms with Gasteiger partial charge in [0.25, 0.3) is 0 Å². The van der Waals surface area contributed by atoms with Crippen LogP contribution in [0.1, 0.15) is 51.4 Å². The molecule has 1 saturated carbocycles. The van der Waals surface area contributed by atoms with Crippen molar-refractivity contribution in [1.82, 2.24) is 5.32 Å². The molecule has 0 unspecified atom stereocenters. The van der Waals surface area contributed by atoms with Crippen LogP contribution in [-0.2, 0) is 4.79 Å². The summed E-state index contributed by atoms with van der Waals surface area (Å²) in [5, 5.41) is 2.97. The van der Waals surface area contributed by atoms with Crippen LogP contribution in [-0.4, -0.2) is 25.5 Å². The van der Waals surface area contributed by atoms with Gasteiger partial charge in [0.05, 0.1) is 0 Å². The number of hydrogen-bond donors (Lipinski definition) is 3. The number of nitrogens with two attached hydrogens (primary N) is 2. The van der Waals surface area contributed by atoms with E-state index >= 15 is 0 Å². The highest BCUT2D eigenvalue weighted by molar-refractivity contribution is 5.76. The Morgan fingerprint density at radius 1 is 1.12 bits per heavy atom. The Morgan fingerprint density at radius 3 is 2.41 bits per heavy atom. The summed E-state index contributed by atoms with van der Waals surface area (Å²) >= 11 is 0. The molecule has 1 amide bonds. The summed E-state index contributed by atoms with van der Waals surface area (Å²) in [4.78, 5) is 11.8. The van der Waals surface area contributed by atoms with E-state index in [0.717, 1.165) is 32.2 Å². The molecule has 1 fully saturated rings. The highest BCUT2D eigenvalue weighted by atomic mass is 16.1. The first-order chi connectivity index (χ1) is 8.22. The summed E-state index contributed by atoms with van der Waals surface area (Å²) < 4.78 is 0. The lowest BCUT2D eigenvalue weighted by Crippen LogP contribution is -2.38. The van der Waals surface area contributed by atoms with Crippen LogP contribution in [0.3, 0.4) is 0 Å². The van der Waals surface area contributed by atoms with Crippen LogP contribution in [0.4, 0.5) is 0 Å². The van der Waals surface area contributed by atoms with Gasteiger partial charge in [-0.1, -0.05) is 19.3 Å². The molecule has 1 aliphatic rings. The van der Waals surface area contributed by atoms with Crippen molar-refractivity contribution in [3.05, 3.63) is 0 Å². The molecule has 0 aliphatic heterocycles. The third-order valence-corrected chi connectivity index (χ3v) is 3.84. The Hall–Kier alpha value is -0.610. The molecule has 17 heavy (non-hydrogen) atoms. The molecule has 0 bridgehead atoms. The van der Waals surface area contributed by atoms with Crippen molar-refractivity contribution >= 4 is 5.91 Å². The number of hydrogen-bond acceptors (Lipinski definition) is 3. The zero-order chi connectivity index (χ0) is 12.6. The fourth-order valence-corrected chi connectivity index (χ4v) is 2.66. The van der Waals surface area contributed by atoms with E-state index < -0.39 is 0 Å². The van der Waals surface area contributed by atoms with Gasteiger partial charge < -0.3 is 16.8 Å². The summed E-state index contributed by atoms with van der Waals surface area (Å²) in [5.41, 5.74) is 11.4. The zero-order valence-electron chi connectivity index (χ0n) is 10.8. The smallest absolute Gasteiger partial charge is 0.220 e. The summed E-state index contributed by atoms with van der Waals surface area (Å²) in [6.07, 6.45) is 8.50. The van der Waals surface area contributed by atoms with E-state index in [-0.39, 0.29) is 11.3 Å². The predicted octanol–water partition coefficient (Wildman–Crippen LogP) is 1.14. The zero-order valence-corrected chi connectivity index (χ0v) is 10.8. The second-order valence-electron chi connectivity index (χ2n) is 5.29. The minimum absolute atomic E-state index is 0.0796. The third-order valence-electron chi connectivity index (χ3n) is 3.84. The third kappa shape index (κ3) is 5.04. The van der Waals surface area contributed by atoms with Gasteiger partial charge in [0.2, 0.25) is 5.91 Å². The molecule has 0 radical (unpaired) electrons. The van der Waals surface area contributed by atoms with Crippen LogP contribution in [0.15, 0.2) is 0 Å². The predicted molar refractivity (Wildman–Crippen MR) is 70.5 cm³/mol. The summed E-state index contributed by atoms with van der Waals surface area (Å²) in [5.74, 6) is 0.161. The molecular formula is C13H27N3O. The first-order valence-corrected chi connectivity index (χ1v) is 6.89. The van der Waals surface area contributed by atoms with E-state index in [1.54, 1.807) is 0 Å². The van der Waals surface area contributed by atoms with Gasteiger partial charge in [-0.25, -0.2) is 0 Å². The number of carbonyl (C=O) groups excluding carboxylic acids is 1. The highest BCUT2D eigenvalue weighted by Crippen LogP contribution is 2.38. The molecule has 0 saturated heterocycles. The van der Waals surface area contributed by atoms with Crippen molar-refractivity contribution in [2.75, 3.05) is 19.6 Å². The standard InChI is InChI=1S/C13H27N3O/c14-8-4-5-9-16-12(17)10-13(11-15)6-2-1-3-7-13/h1-11,14-15H2,(H,16,17). The number of nitrogens with one attached hydrogen (secondary N) is 1. The summed E-state index contributed by atoms with van der Waals surface area (Å²) in [6.45, 7) is 2.09. The molecule has 4 nitrogen and oxygen atoms in total. The Kier molecular flexibility index (Phi) is 6.52. The molecule has 0 heterocycles. The Bertz CT molecular complexity index is 225. The average Bonchev–Trinajstić information content (AvgIpc) is 2.36. The van der Waals surface area contributed by atoms with E-state index in [2.05, 4.69) is 5.32 Å². The van der Waals surface area contributed by atoms with Gasteiger partial charge in [-0.15, -0.1) is 0 Å². The summed E-state index contributed by atoms with van der Waals surface area (Å²) in [6, 6.07) is 0. The van der Waals surface area contributed by atoms with Crippen molar-refractivity contribution in [2.24, 2.45) is 16.9 Å². The molecule has 4 heteroatoms. The van der Waals surface area contributed by atoms with Crippen molar-refractivity contribution in [3.8, 4) is 0 Å². The first kappa shape index (κ1) is 14.5. The van der Waals surface area contributed by atoms with E-state index in [1.165, 1.54) is 19.3 Å². The fraction of sp³-hybridized carbons (Fsp3) is 0.923. The SMILES string of the molecule is NCCCCNC(=O)CC1(CN)CCCCC1. The van der Waals surface area contributed by atoms with Gasteiger partial charge in [0.1, 0.15) is 0 Å². The van der Waals surface area contributed by atoms with Crippen LogP contribution in [0.25, 0.3) is 0 Å². The monoisotopic (exact) mass is 241 g/mol. The van der Waals surface area contributed by atoms with Gasteiger partial charge in [-0.2, -0.15) is 0 Å². The number of rotatable bonds is 7. The maximum Gasteiger partial charge on any atom is 0.220 e. The minimum atomic E-state index is 0.0796. The van der Waals surface area contributed by atoms with Gasteiger partial charge in [0, 0.05) is 13.0 Å². The molecule has 0 atom stereocenters. The number of unbranched alkanes of at least 4 members (excludes halogenated alkanes) is 1. The van der Waals surface area contributed by atoms with Crippen LogP contribution in [0.5, 0.6) is 0 Å². The maximum atomic E-state index is 11.8. The molecule has 0 aromatic carbocycles. The molecule has 0 spiro atoms. The lowest BCUT2D eigenvalue weighted by molar-refractivity contribution is -0.123. The molecule has 0 aromatic heterocycles. The lowest BCUT2D eigenvalue weighted by Gasteiger charge is -2.35. The second kappa shape index (κ2) is 7.67. The Labute approximate surface area is 105 Å². The van der Waals surface area contributed by atoms with E-state index in [0.29, 0.717) is 19.5 Å². The van der Waals surface area contributed by atoms with Crippen molar-refractivity contribution < 1.29 is 4.79 Å². The Morgan fingerprint density at radius 2 is 1.82 bits per heavy atom. The number of carbonyl (C=O) groups is 1. The number of amides is 1. The van der Waals surface area contributed by atoms with E-state index in [9.17, 15) is 4.79 Å². The quantitative estimate of drug-likeness (QED) is 0.585. The lowest BCUT2D eigenvalue weighted by atomic mass is 9.71. The van der Waals surface area contributed by atoms with E-state index in [4.69, 9.17) is 11.5 Å². The van der Waals surface area contributed by atoms with E-state index in [1.807, 2.05) is 0 Å². The highest BCUT2D eigenvalue weighted by Gasteiger charge is 2.32. The van der Waals surface area contributed by atoms with Gasteiger partial charge >= 0.3 is 0 Å². The second-order valence-corrected chi connectivity index (χ2v) is 5.29. The maximum absolute atomic E-state index is 11.8. The normalized spacial score (nSPS) is 18.9. The van der Waals surface area contributed by atoms with Crippen LogP contribution >= 0.6 is 0 Å². The average molecular weight is 241 g/mol. The largest absolute Gasteiger partial charge is 0.356 e. The van der Waals surface area contributed by atoms with Crippen molar-refractivity contribution in [2.45, 2.75) is 51.4 Å². The summed E-state index contributed by atoms with van der Waals surface area (Å²) in [7, 11) is 0. The molecule has 100 valence electrons. The minimum Gasteiger partial charge on any atom is -0.356 e. The van der Waals surface area contributed by atoms with Crippen LogP contribution < -0.4 is 16.8 Å². The van der Waals surface area contributed by atoms with Crippen LogP contribution in [0.2, 0.25) is 0 Å². The van der Waals surface area contributed by atoms with Gasteiger partial charge in [-0.3, -0.25) is 4.79 Å². The molecule has 1 aliphatic carbocycles. The first-order valence-electron chi connectivity index (χ1n) is 6.89. The molecule has 0 aromatic rings. The fourth-order valence-electron chi connectivity index (χ4n) is 2.66. The topological polar surface area (TPSA) is 81.1 Å². The Balaban J connectivity index is 2.27. The van der Waals surface area contributed by atoms with Gasteiger partial charge in [-0.05, 0) is 44.2 Å². The molecule has 5 N–H and O–H groups in total. The van der Waals surface area contributed by atoms with Crippen LogP contribution in [0, 0.1) is 5.41 Å². The van der Waals surface area contributed by atoms with Crippen molar-refractivity contribution in [1.29, 1.82) is 0 Å². The molecule has 1 rings (SSSR count). The van der Waals surface area contributed by atoms with Gasteiger partial charge in [0.15, 0.2) is 0 Å². The molecular weight excluding hydrogens is 214 g/mol.